The van der Waals surface area contributed by atoms with Crippen molar-refractivity contribution in [2.24, 2.45) is 11.7 Å². The standard InChI is InChI=1S/C17H28N2O2/c1-12(2)9-15(11-18)19-17(20)10-13(3)14-5-7-16(21-4)8-6-14/h5-8,12-13,15H,9-11,18H2,1-4H3,(H,19,20). The Bertz CT molecular complexity index is 429. The van der Waals surface area contributed by atoms with Gasteiger partial charge in [0.2, 0.25) is 5.91 Å². The van der Waals surface area contributed by atoms with E-state index in [1.54, 1.807) is 7.11 Å². The maximum Gasteiger partial charge on any atom is 0.220 e. The van der Waals surface area contributed by atoms with E-state index in [-0.39, 0.29) is 17.9 Å². The van der Waals surface area contributed by atoms with Gasteiger partial charge in [-0.15, -0.1) is 0 Å². The summed E-state index contributed by atoms with van der Waals surface area (Å²) in [5.74, 6) is 1.59. The topological polar surface area (TPSA) is 64.3 Å². The summed E-state index contributed by atoms with van der Waals surface area (Å²) in [6, 6.07) is 7.92. The average Bonchev–Trinajstić information content (AvgIpc) is 2.45. The number of methoxy groups -OCH3 is 1. The third kappa shape index (κ3) is 6.17. The summed E-state index contributed by atoms with van der Waals surface area (Å²) >= 11 is 0. The van der Waals surface area contributed by atoms with E-state index in [0.717, 1.165) is 17.7 Å². The van der Waals surface area contributed by atoms with Crippen LogP contribution in [-0.2, 0) is 4.79 Å². The molecule has 0 spiro atoms. The molecule has 0 bridgehead atoms. The molecule has 21 heavy (non-hydrogen) atoms. The van der Waals surface area contributed by atoms with Crippen LogP contribution in [0.5, 0.6) is 5.75 Å². The van der Waals surface area contributed by atoms with Crippen molar-refractivity contribution in [3.05, 3.63) is 29.8 Å². The van der Waals surface area contributed by atoms with Gasteiger partial charge in [0, 0.05) is 19.0 Å². The molecule has 4 heteroatoms. The number of hydrogen-bond acceptors (Lipinski definition) is 3. The highest BCUT2D eigenvalue weighted by molar-refractivity contribution is 5.77. The van der Waals surface area contributed by atoms with Crippen LogP contribution in [0.25, 0.3) is 0 Å². The summed E-state index contributed by atoms with van der Waals surface area (Å²) in [4.78, 5) is 12.1. The van der Waals surface area contributed by atoms with Crippen LogP contribution in [0, 0.1) is 5.92 Å². The van der Waals surface area contributed by atoms with Crippen LogP contribution < -0.4 is 15.8 Å². The van der Waals surface area contributed by atoms with Gasteiger partial charge in [0.25, 0.3) is 0 Å². The molecular weight excluding hydrogens is 264 g/mol. The van der Waals surface area contributed by atoms with Gasteiger partial charge in [0.05, 0.1) is 7.11 Å². The molecule has 0 radical (unpaired) electrons. The van der Waals surface area contributed by atoms with Crippen LogP contribution in [0.1, 0.15) is 45.1 Å². The summed E-state index contributed by atoms with van der Waals surface area (Å²) in [7, 11) is 1.65. The maximum atomic E-state index is 12.1. The first-order valence-corrected chi connectivity index (χ1v) is 7.59. The number of carbonyl (C=O) groups excluding carboxylic acids is 1. The van der Waals surface area contributed by atoms with Crippen molar-refractivity contribution < 1.29 is 9.53 Å². The lowest BCUT2D eigenvalue weighted by atomic mass is 9.96. The SMILES string of the molecule is COc1ccc(C(C)CC(=O)NC(CN)CC(C)C)cc1. The Kier molecular flexibility index (Phi) is 7.23. The summed E-state index contributed by atoms with van der Waals surface area (Å²) in [5, 5.41) is 3.03. The number of hydrogen-bond donors (Lipinski definition) is 2. The van der Waals surface area contributed by atoms with E-state index in [1.807, 2.05) is 24.3 Å². The van der Waals surface area contributed by atoms with Crippen molar-refractivity contribution in [1.29, 1.82) is 0 Å². The molecule has 1 amide bonds. The normalized spacial score (nSPS) is 13.8. The minimum atomic E-state index is 0.0643. The highest BCUT2D eigenvalue weighted by atomic mass is 16.5. The number of carbonyl (C=O) groups is 1. The van der Waals surface area contributed by atoms with Crippen molar-refractivity contribution in [2.75, 3.05) is 13.7 Å². The molecule has 3 N–H and O–H groups in total. The molecule has 0 aliphatic rings. The zero-order valence-electron chi connectivity index (χ0n) is 13.6. The Hall–Kier alpha value is -1.55. The molecule has 0 heterocycles. The number of benzene rings is 1. The van der Waals surface area contributed by atoms with Crippen LogP contribution in [-0.4, -0.2) is 25.6 Å². The van der Waals surface area contributed by atoms with E-state index in [0.29, 0.717) is 18.9 Å². The van der Waals surface area contributed by atoms with Gasteiger partial charge in [-0.2, -0.15) is 0 Å². The molecule has 1 rings (SSSR count). The Morgan fingerprint density at radius 2 is 1.86 bits per heavy atom. The number of ether oxygens (including phenoxy) is 1. The lowest BCUT2D eigenvalue weighted by Crippen LogP contribution is -2.41. The van der Waals surface area contributed by atoms with Gasteiger partial charge in [0.1, 0.15) is 5.75 Å². The van der Waals surface area contributed by atoms with Crippen LogP contribution in [0.15, 0.2) is 24.3 Å². The quantitative estimate of drug-likeness (QED) is 0.774. The molecular formula is C17H28N2O2. The third-order valence-electron chi connectivity index (χ3n) is 3.58. The summed E-state index contributed by atoms with van der Waals surface area (Å²) in [6.07, 6.45) is 1.39. The van der Waals surface area contributed by atoms with E-state index < -0.39 is 0 Å². The Balaban J connectivity index is 2.52. The van der Waals surface area contributed by atoms with Gasteiger partial charge in [0.15, 0.2) is 0 Å². The van der Waals surface area contributed by atoms with Crippen LogP contribution >= 0.6 is 0 Å². The van der Waals surface area contributed by atoms with Gasteiger partial charge < -0.3 is 15.8 Å². The molecule has 1 aromatic carbocycles. The monoisotopic (exact) mass is 292 g/mol. The molecule has 0 aromatic heterocycles. The third-order valence-corrected chi connectivity index (χ3v) is 3.58. The highest BCUT2D eigenvalue weighted by Gasteiger charge is 2.15. The van der Waals surface area contributed by atoms with Gasteiger partial charge in [-0.05, 0) is 36.0 Å². The molecule has 4 nitrogen and oxygen atoms in total. The molecule has 2 atom stereocenters. The number of amides is 1. The second-order valence-corrected chi connectivity index (χ2v) is 6.01. The average molecular weight is 292 g/mol. The molecule has 0 fully saturated rings. The smallest absolute Gasteiger partial charge is 0.220 e. The predicted molar refractivity (Wildman–Crippen MR) is 86.5 cm³/mol. The first-order chi connectivity index (χ1) is 9.96. The first-order valence-electron chi connectivity index (χ1n) is 7.59. The Labute approximate surface area is 128 Å². The molecule has 0 saturated heterocycles. The molecule has 118 valence electrons. The summed E-state index contributed by atoms with van der Waals surface area (Å²) in [6.45, 7) is 6.81. The lowest BCUT2D eigenvalue weighted by Gasteiger charge is -2.20. The van der Waals surface area contributed by atoms with Gasteiger partial charge >= 0.3 is 0 Å². The maximum absolute atomic E-state index is 12.1. The number of rotatable bonds is 8. The van der Waals surface area contributed by atoms with E-state index in [2.05, 4.69) is 26.1 Å². The lowest BCUT2D eigenvalue weighted by molar-refractivity contribution is -0.122. The van der Waals surface area contributed by atoms with Gasteiger partial charge in [-0.25, -0.2) is 0 Å². The zero-order valence-corrected chi connectivity index (χ0v) is 13.6. The molecule has 0 saturated carbocycles. The number of nitrogens with two attached hydrogens (primary N) is 1. The second kappa shape index (κ2) is 8.67. The van der Waals surface area contributed by atoms with Crippen molar-refractivity contribution in [1.82, 2.24) is 5.32 Å². The molecule has 0 aliphatic carbocycles. The van der Waals surface area contributed by atoms with Crippen LogP contribution in [0.2, 0.25) is 0 Å². The fourth-order valence-electron chi connectivity index (χ4n) is 2.40. The van der Waals surface area contributed by atoms with E-state index >= 15 is 0 Å². The van der Waals surface area contributed by atoms with Crippen LogP contribution in [0.4, 0.5) is 0 Å². The fraction of sp³-hybridized carbons (Fsp3) is 0.588. The van der Waals surface area contributed by atoms with Gasteiger partial charge in [-0.3, -0.25) is 4.79 Å². The summed E-state index contributed by atoms with van der Waals surface area (Å²) < 4.78 is 5.14. The summed E-state index contributed by atoms with van der Waals surface area (Å²) in [5.41, 5.74) is 6.85. The highest BCUT2D eigenvalue weighted by Crippen LogP contribution is 2.21. The fourth-order valence-corrected chi connectivity index (χ4v) is 2.40. The first kappa shape index (κ1) is 17.5. The second-order valence-electron chi connectivity index (χ2n) is 6.01. The Morgan fingerprint density at radius 3 is 2.33 bits per heavy atom. The Morgan fingerprint density at radius 1 is 1.24 bits per heavy atom. The van der Waals surface area contributed by atoms with Crippen molar-refractivity contribution in [3.8, 4) is 5.75 Å². The molecule has 1 aromatic rings. The molecule has 0 aliphatic heterocycles. The number of nitrogens with one attached hydrogen (secondary N) is 1. The van der Waals surface area contributed by atoms with Gasteiger partial charge in [-0.1, -0.05) is 32.9 Å². The van der Waals surface area contributed by atoms with Crippen molar-refractivity contribution in [3.63, 3.8) is 0 Å². The minimum absolute atomic E-state index is 0.0643. The zero-order chi connectivity index (χ0) is 15.8. The van der Waals surface area contributed by atoms with E-state index in [4.69, 9.17) is 10.5 Å². The van der Waals surface area contributed by atoms with E-state index in [9.17, 15) is 4.79 Å². The van der Waals surface area contributed by atoms with Crippen LogP contribution in [0.3, 0.4) is 0 Å². The molecule has 2 unspecified atom stereocenters. The van der Waals surface area contributed by atoms with Crippen molar-refractivity contribution >= 4 is 5.91 Å². The minimum Gasteiger partial charge on any atom is -0.497 e. The van der Waals surface area contributed by atoms with E-state index in [1.165, 1.54) is 0 Å². The predicted octanol–water partition coefficient (Wildman–Crippen LogP) is 2.68. The van der Waals surface area contributed by atoms with Crippen molar-refractivity contribution in [2.45, 2.75) is 45.6 Å². The largest absolute Gasteiger partial charge is 0.497 e.